The largest absolute Gasteiger partial charge is 0.465 e. The molecule has 0 aliphatic carbocycles. The number of hydrogen-bond donors (Lipinski definition) is 1. The minimum absolute atomic E-state index is 0.0768. The predicted molar refractivity (Wildman–Crippen MR) is 87.2 cm³/mol. The molecule has 10 heteroatoms. The van der Waals surface area contributed by atoms with Gasteiger partial charge in [0.1, 0.15) is 31.7 Å². The lowest BCUT2D eigenvalue weighted by atomic mass is 10.2. The number of nitrogens with two attached hydrogens (primary N) is 1. The molecule has 0 saturated carbocycles. The average molecular weight is 351 g/mol. The first-order valence-electron chi connectivity index (χ1n) is 7.93. The van der Waals surface area contributed by atoms with E-state index in [0.717, 1.165) is 0 Å². The van der Waals surface area contributed by atoms with Crippen molar-refractivity contribution in [3.05, 3.63) is 12.5 Å². The minimum atomic E-state index is -0.333. The van der Waals surface area contributed by atoms with Crippen LogP contribution in [-0.2, 0) is 19.1 Å². The van der Waals surface area contributed by atoms with Gasteiger partial charge in [0.2, 0.25) is 11.6 Å². The molecule has 2 aromatic rings. The molecule has 0 bridgehead atoms. The fraction of sp³-hybridized carbons (Fsp3) is 0.533. The van der Waals surface area contributed by atoms with Crippen molar-refractivity contribution in [1.29, 1.82) is 0 Å². The summed E-state index contributed by atoms with van der Waals surface area (Å²) in [7, 11) is 0. The van der Waals surface area contributed by atoms with Gasteiger partial charge in [-0.25, -0.2) is 9.97 Å². The zero-order chi connectivity index (χ0) is 18.2. The summed E-state index contributed by atoms with van der Waals surface area (Å²) < 4.78 is 11.6. The number of ether oxygens (including phenoxy) is 2. The highest BCUT2D eigenvalue weighted by Crippen LogP contribution is 2.09. The molecule has 0 atom stereocenters. The molecule has 0 aliphatic heterocycles. The Bertz CT molecular complexity index is 712. The lowest BCUT2D eigenvalue weighted by Gasteiger charge is -2.17. The third-order valence-corrected chi connectivity index (χ3v) is 3.27. The van der Waals surface area contributed by atoms with Crippen molar-refractivity contribution in [2.24, 2.45) is 5.92 Å². The minimum Gasteiger partial charge on any atom is -0.465 e. The standard InChI is InChI=1S/C15H21N5O5/c1-3-12(21)23-6-10(7-24-13(22)4-2)8-25-20-9-18-11-5-17-15(16)19-14(11)20/h5,9-10H,3-4,6-8H2,1-2H3,(H2,16,17,19). The summed E-state index contributed by atoms with van der Waals surface area (Å²) in [6.45, 7) is 3.68. The summed E-state index contributed by atoms with van der Waals surface area (Å²) in [6, 6.07) is 0. The highest BCUT2D eigenvalue weighted by molar-refractivity contribution is 5.70. The van der Waals surface area contributed by atoms with Gasteiger partial charge in [0.05, 0.1) is 12.1 Å². The molecule has 2 rings (SSSR count). The van der Waals surface area contributed by atoms with Crippen LogP contribution in [0.5, 0.6) is 0 Å². The second kappa shape index (κ2) is 8.81. The second-order valence-corrected chi connectivity index (χ2v) is 5.24. The molecular weight excluding hydrogens is 330 g/mol. The first kappa shape index (κ1) is 18.4. The maximum Gasteiger partial charge on any atom is 0.305 e. The van der Waals surface area contributed by atoms with E-state index in [2.05, 4.69) is 15.0 Å². The van der Waals surface area contributed by atoms with Gasteiger partial charge >= 0.3 is 11.9 Å². The molecular formula is C15H21N5O5. The first-order chi connectivity index (χ1) is 12.0. The quantitative estimate of drug-likeness (QED) is 0.636. The summed E-state index contributed by atoms with van der Waals surface area (Å²) in [6.07, 6.45) is 3.46. The van der Waals surface area contributed by atoms with Gasteiger partial charge < -0.3 is 20.0 Å². The molecule has 25 heavy (non-hydrogen) atoms. The number of anilines is 1. The van der Waals surface area contributed by atoms with E-state index in [1.807, 2.05) is 0 Å². The Kier molecular flexibility index (Phi) is 6.49. The van der Waals surface area contributed by atoms with Crippen molar-refractivity contribution in [1.82, 2.24) is 19.7 Å². The van der Waals surface area contributed by atoms with Crippen LogP contribution in [0.1, 0.15) is 26.7 Å². The Labute approximate surface area is 144 Å². The molecule has 136 valence electrons. The van der Waals surface area contributed by atoms with Crippen molar-refractivity contribution in [3.63, 3.8) is 0 Å². The van der Waals surface area contributed by atoms with Crippen LogP contribution in [0.4, 0.5) is 5.95 Å². The lowest BCUT2D eigenvalue weighted by molar-refractivity contribution is -0.150. The van der Waals surface area contributed by atoms with Crippen LogP contribution < -0.4 is 10.6 Å². The molecule has 0 radical (unpaired) electrons. The number of hydrogen-bond acceptors (Lipinski definition) is 9. The van der Waals surface area contributed by atoms with Crippen molar-refractivity contribution in [2.75, 3.05) is 25.6 Å². The van der Waals surface area contributed by atoms with Gasteiger partial charge in [-0.15, -0.1) is 0 Å². The van der Waals surface area contributed by atoms with Crippen molar-refractivity contribution >= 4 is 29.1 Å². The third kappa shape index (κ3) is 5.30. The van der Waals surface area contributed by atoms with Gasteiger partial charge in [-0.05, 0) is 0 Å². The number of nitrogens with zero attached hydrogens (tertiary/aromatic N) is 4. The average Bonchev–Trinajstić information content (AvgIpc) is 3.02. The van der Waals surface area contributed by atoms with Crippen molar-refractivity contribution in [2.45, 2.75) is 26.7 Å². The Morgan fingerprint density at radius 2 is 1.76 bits per heavy atom. The molecule has 2 N–H and O–H groups in total. The van der Waals surface area contributed by atoms with Crippen LogP contribution in [0.2, 0.25) is 0 Å². The molecule has 0 amide bonds. The topological polar surface area (TPSA) is 131 Å². The molecule has 0 aliphatic rings. The van der Waals surface area contributed by atoms with E-state index in [1.165, 1.54) is 17.3 Å². The maximum atomic E-state index is 11.3. The Hall–Kier alpha value is -2.91. The van der Waals surface area contributed by atoms with Gasteiger partial charge in [0.25, 0.3) is 0 Å². The van der Waals surface area contributed by atoms with Gasteiger partial charge in [-0.2, -0.15) is 9.71 Å². The number of imidazole rings is 1. The first-order valence-corrected chi connectivity index (χ1v) is 7.93. The zero-order valence-electron chi connectivity index (χ0n) is 14.2. The van der Waals surface area contributed by atoms with Gasteiger partial charge in [-0.1, -0.05) is 13.8 Å². The molecule has 10 nitrogen and oxygen atoms in total. The summed E-state index contributed by atoms with van der Waals surface area (Å²) in [5.41, 5.74) is 6.51. The normalized spacial score (nSPS) is 10.8. The number of rotatable bonds is 9. The van der Waals surface area contributed by atoms with E-state index in [1.54, 1.807) is 13.8 Å². The third-order valence-electron chi connectivity index (χ3n) is 3.27. The van der Waals surface area contributed by atoms with E-state index in [9.17, 15) is 9.59 Å². The van der Waals surface area contributed by atoms with Gasteiger partial charge in [0.15, 0.2) is 0 Å². The SMILES string of the molecule is CCC(=O)OCC(COC(=O)CC)COn1cnc2cnc(N)nc21. The fourth-order valence-corrected chi connectivity index (χ4v) is 1.85. The Morgan fingerprint density at radius 3 is 2.36 bits per heavy atom. The van der Waals surface area contributed by atoms with Crippen LogP contribution in [0.25, 0.3) is 11.2 Å². The van der Waals surface area contributed by atoms with Gasteiger partial charge in [-0.3, -0.25) is 9.59 Å². The van der Waals surface area contributed by atoms with Crippen molar-refractivity contribution < 1.29 is 23.9 Å². The van der Waals surface area contributed by atoms with Crippen LogP contribution in [0.15, 0.2) is 12.5 Å². The summed E-state index contributed by atoms with van der Waals surface area (Å²) in [5.74, 6) is -0.897. The Balaban J connectivity index is 1.99. The summed E-state index contributed by atoms with van der Waals surface area (Å²) >= 11 is 0. The highest BCUT2D eigenvalue weighted by atomic mass is 16.7. The van der Waals surface area contributed by atoms with Crippen molar-refractivity contribution in [3.8, 4) is 0 Å². The van der Waals surface area contributed by atoms with E-state index < -0.39 is 0 Å². The summed E-state index contributed by atoms with van der Waals surface area (Å²) in [5, 5.41) is 0. The van der Waals surface area contributed by atoms with Gasteiger partial charge in [0, 0.05) is 12.8 Å². The lowest BCUT2D eigenvalue weighted by Crippen LogP contribution is -2.29. The van der Waals surface area contributed by atoms with Crippen LogP contribution >= 0.6 is 0 Å². The van der Waals surface area contributed by atoms with E-state index in [4.69, 9.17) is 20.0 Å². The molecule has 2 heterocycles. The number of aromatic nitrogens is 4. The molecule has 0 fully saturated rings. The predicted octanol–water partition coefficient (Wildman–Crippen LogP) is 0.360. The van der Waals surface area contributed by atoms with Crippen LogP contribution in [0.3, 0.4) is 0 Å². The van der Waals surface area contributed by atoms with E-state index in [0.29, 0.717) is 11.2 Å². The number of carbonyl (C=O) groups excluding carboxylic acids is 2. The molecule has 0 spiro atoms. The Morgan fingerprint density at radius 1 is 1.12 bits per heavy atom. The van der Waals surface area contributed by atoms with Crippen LogP contribution in [-0.4, -0.2) is 51.4 Å². The monoisotopic (exact) mass is 351 g/mol. The summed E-state index contributed by atoms with van der Waals surface area (Å²) in [4.78, 5) is 40.3. The van der Waals surface area contributed by atoms with E-state index in [-0.39, 0.29) is 56.5 Å². The smallest absolute Gasteiger partial charge is 0.305 e. The highest BCUT2D eigenvalue weighted by Gasteiger charge is 2.16. The maximum absolute atomic E-state index is 11.3. The molecule has 2 aromatic heterocycles. The number of nitrogen functional groups attached to an aromatic ring is 1. The molecule has 0 aromatic carbocycles. The fourth-order valence-electron chi connectivity index (χ4n) is 1.85. The number of carbonyl (C=O) groups is 2. The molecule has 0 unspecified atom stereocenters. The number of esters is 2. The number of fused-ring (bicyclic) bond motifs is 1. The van der Waals surface area contributed by atoms with E-state index >= 15 is 0 Å². The second-order valence-electron chi connectivity index (χ2n) is 5.24. The molecule has 0 saturated heterocycles. The van der Waals surface area contributed by atoms with Crippen LogP contribution in [0, 0.1) is 5.92 Å². The zero-order valence-corrected chi connectivity index (χ0v) is 14.2.